The molecular weight excluding hydrogens is 246 g/mol. The largest absolute Gasteiger partial charge is 0.480 e. The van der Waals surface area contributed by atoms with Crippen LogP contribution in [0.3, 0.4) is 0 Å². The van der Waals surface area contributed by atoms with E-state index in [1.165, 1.54) is 12.1 Å². The number of rotatable bonds is 5. The normalized spacial score (nSPS) is 9.95. The zero-order chi connectivity index (χ0) is 13.7. The summed E-state index contributed by atoms with van der Waals surface area (Å²) in [6, 6.07) is 10.1. The number of methoxy groups -OCH3 is 1. The van der Waals surface area contributed by atoms with Crippen molar-refractivity contribution in [3.8, 4) is 5.88 Å². The summed E-state index contributed by atoms with van der Waals surface area (Å²) in [5, 5.41) is 13.8. The van der Waals surface area contributed by atoms with E-state index in [9.17, 15) is 10.1 Å². The highest BCUT2D eigenvalue weighted by atomic mass is 16.6. The second kappa shape index (κ2) is 5.81. The Hall–Kier alpha value is -2.63. The van der Waals surface area contributed by atoms with E-state index in [2.05, 4.69) is 10.3 Å². The third-order valence-corrected chi connectivity index (χ3v) is 2.57. The first kappa shape index (κ1) is 12.8. The van der Waals surface area contributed by atoms with Gasteiger partial charge in [-0.05, 0) is 17.7 Å². The van der Waals surface area contributed by atoms with Crippen LogP contribution < -0.4 is 10.1 Å². The molecule has 98 valence electrons. The lowest BCUT2D eigenvalue weighted by atomic mass is 10.2. The number of aromatic nitrogens is 1. The lowest BCUT2D eigenvalue weighted by molar-refractivity contribution is -0.384. The number of hydrogen-bond donors (Lipinski definition) is 1. The number of pyridine rings is 1. The maximum atomic E-state index is 10.7. The van der Waals surface area contributed by atoms with Crippen molar-refractivity contribution in [3.05, 3.63) is 58.3 Å². The molecule has 6 nitrogen and oxygen atoms in total. The quantitative estimate of drug-likeness (QED) is 0.659. The molecule has 2 aromatic rings. The van der Waals surface area contributed by atoms with E-state index in [0.29, 0.717) is 12.4 Å². The topological polar surface area (TPSA) is 77.3 Å². The Morgan fingerprint density at radius 3 is 2.95 bits per heavy atom. The van der Waals surface area contributed by atoms with Gasteiger partial charge in [0, 0.05) is 24.9 Å². The number of nitro benzene ring substituents is 1. The molecule has 1 aromatic heterocycles. The molecular formula is C13H13N3O3. The molecule has 0 spiro atoms. The van der Waals surface area contributed by atoms with Crippen molar-refractivity contribution >= 4 is 11.4 Å². The molecule has 0 aliphatic carbocycles. The van der Waals surface area contributed by atoms with Crippen molar-refractivity contribution in [2.75, 3.05) is 12.4 Å². The summed E-state index contributed by atoms with van der Waals surface area (Å²) in [5.41, 5.74) is 1.65. The molecule has 19 heavy (non-hydrogen) atoms. The Balaban J connectivity index is 2.10. The first-order chi connectivity index (χ1) is 9.20. The van der Waals surface area contributed by atoms with Crippen LogP contribution in [0, 0.1) is 10.1 Å². The van der Waals surface area contributed by atoms with Crippen LogP contribution in [0.15, 0.2) is 42.6 Å². The number of nitrogens with zero attached hydrogens (tertiary/aromatic N) is 2. The molecule has 0 fully saturated rings. The predicted molar refractivity (Wildman–Crippen MR) is 71.2 cm³/mol. The van der Waals surface area contributed by atoms with E-state index < -0.39 is 4.92 Å². The van der Waals surface area contributed by atoms with Gasteiger partial charge in [0.25, 0.3) is 5.69 Å². The highest BCUT2D eigenvalue weighted by Gasteiger charge is 2.06. The third-order valence-electron chi connectivity index (χ3n) is 2.57. The Bertz CT molecular complexity index is 587. The number of nitrogens with one attached hydrogen (secondary N) is 1. The molecule has 0 amide bonds. The highest BCUT2D eigenvalue weighted by Crippen LogP contribution is 2.21. The molecule has 0 aliphatic heterocycles. The Morgan fingerprint density at radius 1 is 1.37 bits per heavy atom. The maximum Gasteiger partial charge on any atom is 0.269 e. The number of hydrogen-bond acceptors (Lipinski definition) is 5. The monoisotopic (exact) mass is 259 g/mol. The van der Waals surface area contributed by atoms with Crippen LogP contribution in [0.25, 0.3) is 0 Å². The van der Waals surface area contributed by atoms with Gasteiger partial charge in [-0.2, -0.15) is 0 Å². The van der Waals surface area contributed by atoms with Crippen LogP contribution in [0.2, 0.25) is 0 Å². The molecule has 0 aliphatic rings. The lowest BCUT2D eigenvalue weighted by Gasteiger charge is -2.09. The summed E-state index contributed by atoms with van der Waals surface area (Å²) in [5.74, 6) is 0.493. The molecule has 1 aromatic carbocycles. The standard InChI is InChI=1S/C13H13N3O3/c1-19-13-12(6-3-7-14-13)15-9-10-4-2-5-11(8-10)16(17)18/h2-8,15H,9H2,1H3. The van der Waals surface area contributed by atoms with Gasteiger partial charge in [0.1, 0.15) is 0 Å². The minimum Gasteiger partial charge on any atom is -0.480 e. The SMILES string of the molecule is COc1ncccc1NCc1cccc([N+](=O)[O-])c1. The van der Waals surface area contributed by atoms with Gasteiger partial charge in [-0.1, -0.05) is 12.1 Å². The van der Waals surface area contributed by atoms with Gasteiger partial charge in [0.15, 0.2) is 0 Å². The van der Waals surface area contributed by atoms with Crippen LogP contribution in [-0.4, -0.2) is 17.0 Å². The summed E-state index contributed by atoms with van der Waals surface area (Å²) in [4.78, 5) is 14.3. The van der Waals surface area contributed by atoms with E-state index in [1.54, 1.807) is 25.4 Å². The Kier molecular flexibility index (Phi) is 3.92. The van der Waals surface area contributed by atoms with Crippen LogP contribution in [0.1, 0.15) is 5.56 Å². The van der Waals surface area contributed by atoms with Crippen molar-refractivity contribution in [2.24, 2.45) is 0 Å². The molecule has 0 bridgehead atoms. The molecule has 1 N–H and O–H groups in total. The summed E-state index contributed by atoms with van der Waals surface area (Å²) < 4.78 is 5.11. The number of ether oxygens (including phenoxy) is 1. The first-order valence-electron chi connectivity index (χ1n) is 5.67. The Labute approximate surface area is 110 Å². The van der Waals surface area contributed by atoms with Crippen LogP contribution >= 0.6 is 0 Å². The van der Waals surface area contributed by atoms with Crippen molar-refractivity contribution < 1.29 is 9.66 Å². The van der Waals surface area contributed by atoms with Gasteiger partial charge in [-0.25, -0.2) is 4.98 Å². The van der Waals surface area contributed by atoms with Gasteiger partial charge in [-0.15, -0.1) is 0 Å². The second-order valence-corrected chi connectivity index (χ2v) is 3.84. The molecule has 2 rings (SSSR count). The van der Waals surface area contributed by atoms with Crippen LogP contribution in [0.5, 0.6) is 5.88 Å². The summed E-state index contributed by atoms with van der Waals surface area (Å²) in [6.45, 7) is 0.462. The van der Waals surface area contributed by atoms with Gasteiger partial charge >= 0.3 is 0 Å². The predicted octanol–water partition coefficient (Wildman–Crippen LogP) is 2.61. The molecule has 0 saturated carbocycles. The zero-order valence-corrected chi connectivity index (χ0v) is 10.4. The smallest absolute Gasteiger partial charge is 0.269 e. The second-order valence-electron chi connectivity index (χ2n) is 3.84. The van der Waals surface area contributed by atoms with Crippen molar-refractivity contribution in [1.29, 1.82) is 0 Å². The highest BCUT2D eigenvalue weighted by molar-refractivity contribution is 5.52. The first-order valence-corrected chi connectivity index (χ1v) is 5.67. The number of nitro groups is 1. The van der Waals surface area contributed by atoms with E-state index in [4.69, 9.17) is 4.74 Å². The van der Waals surface area contributed by atoms with Crippen LogP contribution in [0.4, 0.5) is 11.4 Å². The average Bonchev–Trinajstić information content (AvgIpc) is 2.45. The number of non-ortho nitro benzene ring substituents is 1. The molecule has 0 radical (unpaired) electrons. The summed E-state index contributed by atoms with van der Waals surface area (Å²) in [6.07, 6.45) is 1.64. The minimum atomic E-state index is -0.409. The van der Waals surface area contributed by atoms with E-state index in [-0.39, 0.29) is 5.69 Å². The fraction of sp³-hybridized carbons (Fsp3) is 0.154. The van der Waals surface area contributed by atoms with Gasteiger partial charge in [0.05, 0.1) is 17.7 Å². The van der Waals surface area contributed by atoms with E-state index in [1.807, 2.05) is 12.1 Å². The molecule has 0 unspecified atom stereocenters. The summed E-state index contributed by atoms with van der Waals surface area (Å²) in [7, 11) is 1.54. The van der Waals surface area contributed by atoms with Crippen molar-refractivity contribution in [1.82, 2.24) is 4.98 Å². The molecule has 6 heteroatoms. The zero-order valence-electron chi connectivity index (χ0n) is 10.4. The van der Waals surface area contributed by atoms with Gasteiger partial charge in [0.2, 0.25) is 5.88 Å². The molecule has 0 atom stereocenters. The maximum absolute atomic E-state index is 10.7. The Morgan fingerprint density at radius 2 is 2.21 bits per heavy atom. The van der Waals surface area contributed by atoms with Crippen molar-refractivity contribution in [2.45, 2.75) is 6.54 Å². The fourth-order valence-corrected chi connectivity index (χ4v) is 1.67. The third kappa shape index (κ3) is 3.19. The summed E-state index contributed by atoms with van der Waals surface area (Å²) >= 11 is 0. The molecule has 0 saturated heterocycles. The van der Waals surface area contributed by atoms with Gasteiger partial charge in [-0.3, -0.25) is 10.1 Å². The fourth-order valence-electron chi connectivity index (χ4n) is 1.67. The van der Waals surface area contributed by atoms with Crippen molar-refractivity contribution in [3.63, 3.8) is 0 Å². The number of anilines is 1. The number of benzene rings is 1. The lowest BCUT2D eigenvalue weighted by Crippen LogP contribution is -2.02. The van der Waals surface area contributed by atoms with E-state index in [0.717, 1.165) is 11.3 Å². The van der Waals surface area contributed by atoms with Crippen LogP contribution in [-0.2, 0) is 6.54 Å². The average molecular weight is 259 g/mol. The minimum absolute atomic E-state index is 0.0810. The van der Waals surface area contributed by atoms with Gasteiger partial charge < -0.3 is 10.1 Å². The molecule has 1 heterocycles. The van der Waals surface area contributed by atoms with E-state index >= 15 is 0 Å².